The third-order valence-electron chi connectivity index (χ3n) is 6.93. The number of nitrogens with one attached hydrogen (secondary N) is 1. The first-order valence-electron chi connectivity index (χ1n) is 11.4. The summed E-state index contributed by atoms with van der Waals surface area (Å²) in [6.07, 6.45) is 5.24. The molecule has 34 heavy (non-hydrogen) atoms. The van der Waals surface area contributed by atoms with Crippen molar-refractivity contribution in [2.45, 2.75) is 37.8 Å². The molecule has 8 heteroatoms. The Bertz CT molecular complexity index is 1070. The molecule has 1 heterocycles. The predicted octanol–water partition coefficient (Wildman–Crippen LogP) is 2.34. The number of amides is 1. The monoisotopic (exact) mass is 468 g/mol. The first-order chi connectivity index (χ1) is 16.1. The van der Waals surface area contributed by atoms with Crippen molar-refractivity contribution >= 4 is 23.5 Å². The number of esters is 2. The lowest BCUT2D eigenvalue weighted by atomic mass is 9.64. The summed E-state index contributed by atoms with van der Waals surface area (Å²) in [5.74, 6) is -2.55. The molecule has 0 aromatic heterocycles. The summed E-state index contributed by atoms with van der Waals surface area (Å²) < 4.78 is 16.1. The van der Waals surface area contributed by atoms with Gasteiger partial charge in [0.1, 0.15) is 17.7 Å². The predicted molar refractivity (Wildman–Crippen MR) is 126 cm³/mol. The minimum atomic E-state index is -1.10. The fourth-order valence-electron chi connectivity index (χ4n) is 5.84. The van der Waals surface area contributed by atoms with Crippen LogP contribution in [0.25, 0.3) is 0 Å². The number of ether oxygens (including phenoxy) is 3. The van der Waals surface area contributed by atoms with E-state index in [1.54, 1.807) is 39.8 Å². The minimum absolute atomic E-state index is 0.0946. The number of carbonyl (C=O) groups excluding carboxylic acids is 3. The highest BCUT2D eigenvalue weighted by atomic mass is 16.6. The van der Waals surface area contributed by atoms with Gasteiger partial charge in [-0.15, -0.1) is 0 Å². The number of carbonyl (C=O) groups is 3. The third kappa shape index (κ3) is 3.56. The molecule has 2 aliphatic carbocycles. The Morgan fingerprint density at radius 3 is 2.53 bits per heavy atom. The SMILES string of the molecule is CN[C@@H]1[C@@H](C(=O)OC)[C@H]2C=C[C@]3(C(=O)N(COC)c4ccccc43)[C@@H]1C2=CC(=O)OC(C)(C)C. The fraction of sp³-hybridized carbons (Fsp3) is 0.500. The Morgan fingerprint density at radius 1 is 1.21 bits per heavy atom. The topological polar surface area (TPSA) is 94.2 Å². The van der Waals surface area contributed by atoms with Crippen molar-refractivity contribution in [1.82, 2.24) is 5.32 Å². The Morgan fingerprint density at radius 2 is 1.91 bits per heavy atom. The fourth-order valence-corrected chi connectivity index (χ4v) is 5.84. The molecule has 4 rings (SSSR count). The van der Waals surface area contributed by atoms with Crippen LogP contribution in [0.3, 0.4) is 0 Å². The van der Waals surface area contributed by atoms with E-state index in [2.05, 4.69) is 5.32 Å². The number of hydrogen-bond donors (Lipinski definition) is 1. The second-order valence-corrected chi connectivity index (χ2v) is 9.94. The van der Waals surface area contributed by atoms with Crippen LogP contribution >= 0.6 is 0 Å². The van der Waals surface area contributed by atoms with E-state index in [1.165, 1.54) is 13.2 Å². The molecule has 1 N–H and O–H groups in total. The Kier molecular flexibility index (Phi) is 6.16. The summed E-state index contributed by atoms with van der Waals surface area (Å²) in [4.78, 5) is 41.5. The van der Waals surface area contributed by atoms with Crippen LogP contribution in [0.2, 0.25) is 0 Å². The Hall–Kier alpha value is -2.97. The number of nitrogens with zero attached hydrogens (tertiary/aromatic N) is 1. The van der Waals surface area contributed by atoms with E-state index in [-0.39, 0.29) is 12.6 Å². The van der Waals surface area contributed by atoms with Gasteiger partial charge in [0.05, 0.1) is 18.7 Å². The van der Waals surface area contributed by atoms with Gasteiger partial charge in [-0.25, -0.2) is 4.79 Å². The summed E-state index contributed by atoms with van der Waals surface area (Å²) in [5, 5.41) is 3.27. The summed E-state index contributed by atoms with van der Waals surface area (Å²) in [6, 6.07) is 7.14. The molecule has 1 aromatic carbocycles. The van der Waals surface area contributed by atoms with Gasteiger partial charge in [-0.1, -0.05) is 30.4 Å². The van der Waals surface area contributed by atoms with E-state index in [1.807, 2.05) is 36.4 Å². The highest BCUT2D eigenvalue weighted by molar-refractivity contribution is 6.10. The van der Waals surface area contributed by atoms with Gasteiger partial charge in [-0.05, 0) is 45.0 Å². The minimum Gasteiger partial charge on any atom is -0.469 e. The van der Waals surface area contributed by atoms with Crippen molar-refractivity contribution in [2.24, 2.45) is 17.8 Å². The number of hydrogen-bond acceptors (Lipinski definition) is 7. The molecule has 0 unspecified atom stereocenters. The lowest BCUT2D eigenvalue weighted by Gasteiger charge is -2.38. The maximum atomic E-state index is 14.1. The van der Waals surface area contributed by atoms with E-state index < -0.39 is 46.8 Å². The smallest absolute Gasteiger partial charge is 0.331 e. The largest absolute Gasteiger partial charge is 0.469 e. The standard InChI is InChI=1S/C26H32N2O6/c1-25(2,3)34-19(29)13-16-15-11-12-26(21(16)22(27-4)20(15)23(30)33-6)17-9-7-8-10-18(17)28(14-32-5)24(26)31/h7-13,15,20-22,27H,14H2,1-6H3/t15-,20-,21+,22+,26+/m0/s1. The van der Waals surface area contributed by atoms with Gasteiger partial charge in [0.15, 0.2) is 0 Å². The van der Waals surface area contributed by atoms with E-state index >= 15 is 0 Å². The van der Waals surface area contributed by atoms with E-state index in [4.69, 9.17) is 14.2 Å². The van der Waals surface area contributed by atoms with Gasteiger partial charge in [-0.3, -0.25) is 14.5 Å². The summed E-state index contributed by atoms with van der Waals surface area (Å²) >= 11 is 0. The third-order valence-corrected chi connectivity index (χ3v) is 6.93. The number of methoxy groups -OCH3 is 2. The van der Waals surface area contributed by atoms with Crippen LogP contribution in [0.1, 0.15) is 26.3 Å². The molecular formula is C26H32N2O6. The molecular weight excluding hydrogens is 436 g/mol. The van der Waals surface area contributed by atoms with Crippen molar-refractivity contribution in [3.05, 3.63) is 53.6 Å². The van der Waals surface area contributed by atoms with Gasteiger partial charge in [0, 0.05) is 31.1 Å². The summed E-state index contributed by atoms with van der Waals surface area (Å²) in [7, 11) is 4.66. The highest BCUT2D eigenvalue weighted by Crippen LogP contribution is 2.60. The maximum Gasteiger partial charge on any atom is 0.331 e. The summed E-state index contributed by atoms with van der Waals surface area (Å²) in [5.41, 5.74) is 0.484. The Labute approximate surface area is 199 Å². The van der Waals surface area contributed by atoms with Crippen LogP contribution in [0, 0.1) is 17.8 Å². The number of allylic oxidation sites excluding steroid dienone is 1. The lowest BCUT2D eigenvalue weighted by molar-refractivity contribution is -0.149. The van der Waals surface area contributed by atoms with Crippen LogP contribution in [0.15, 0.2) is 48.1 Å². The van der Waals surface area contributed by atoms with Crippen LogP contribution in [0.4, 0.5) is 5.69 Å². The molecule has 5 atom stereocenters. The number of anilines is 1. The molecule has 182 valence electrons. The molecule has 8 nitrogen and oxygen atoms in total. The zero-order valence-corrected chi connectivity index (χ0v) is 20.5. The normalized spacial score (nSPS) is 30.7. The maximum absolute atomic E-state index is 14.1. The van der Waals surface area contributed by atoms with Crippen molar-refractivity contribution < 1.29 is 28.6 Å². The van der Waals surface area contributed by atoms with E-state index in [0.29, 0.717) is 5.57 Å². The molecule has 0 radical (unpaired) electrons. The molecule has 2 bridgehead atoms. The molecule has 1 fully saturated rings. The molecule has 1 aliphatic heterocycles. The first-order valence-corrected chi connectivity index (χ1v) is 11.4. The quantitative estimate of drug-likeness (QED) is 0.403. The molecule has 0 saturated heterocycles. The number of para-hydroxylation sites is 1. The van der Waals surface area contributed by atoms with Crippen LogP contribution in [0.5, 0.6) is 0 Å². The zero-order chi connectivity index (χ0) is 24.8. The van der Waals surface area contributed by atoms with Gasteiger partial charge in [0.25, 0.3) is 0 Å². The molecule has 1 spiro atoms. The number of benzene rings is 1. The average molecular weight is 469 g/mol. The van der Waals surface area contributed by atoms with Gasteiger partial charge in [0.2, 0.25) is 5.91 Å². The van der Waals surface area contributed by atoms with Crippen LogP contribution < -0.4 is 10.2 Å². The van der Waals surface area contributed by atoms with Gasteiger partial charge < -0.3 is 19.5 Å². The number of fused-ring (bicyclic) bond motifs is 5. The molecule has 1 amide bonds. The second-order valence-electron chi connectivity index (χ2n) is 9.94. The van der Waals surface area contributed by atoms with E-state index in [0.717, 1.165) is 11.3 Å². The van der Waals surface area contributed by atoms with Crippen molar-refractivity contribution in [1.29, 1.82) is 0 Å². The molecule has 1 aromatic rings. The highest BCUT2D eigenvalue weighted by Gasteiger charge is 2.65. The second kappa shape index (κ2) is 8.67. The van der Waals surface area contributed by atoms with Crippen molar-refractivity contribution in [2.75, 3.05) is 32.9 Å². The van der Waals surface area contributed by atoms with Crippen LogP contribution in [-0.2, 0) is 34.0 Å². The summed E-state index contributed by atoms with van der Waals surface area (Å²) in [6.45, 7) is 5.49. The van der Waals surface area contributed by atoms with Gasteiger partial charge in [-0.2, -0.15) is 0 Å². The lowest BCUT2D eigenvalue weighted by Crippen LogP contribution is -2.52. The van der Waals surface area contributed by atoms with Crippen molar-refractivity contribution in [3.63, 3.8) is 0 Å². The number of rotatable bonds is 5. The van der Waals surface area contributed by atoms with Crippen molar-refractivity contribution in [3.8, 4) is 0 Å². The van der Waals surface area contributed by atoms with Crippen LogP contribution in [-0.4, -0.2) is 57.5 Å². The average Bonchev–Trinajstić information content (AvgIpc) is 3.13. The zero-order valence-electron chi connectivity index (χ0n) is 20.5. The Balaban J connectivity index is 1.93. The molecule has 3 aliphatic rings. The van der Waals surface area contributed by atoms with E-state index in [9.17, 15) is 14.4 Å². The van der Waals surface area contributed by atoms with Gasteiger partial charge >= 0.3 is 11.9 Å². The first kappa shape index (κ1) is 24.2. The molecule has 1 saturated carbocycles.